The lowest BCUT2D eigenvalue weighted by Gasteiger charge is -2.20. The van der Waals surface area contributed by atoms with Crippen LogP contribution in [0.15, 0.2) is 21.1 Å². The standard InChI is InChI=1S/C11H14Br2O3/c1-6(2-3-14)10(15)8-4-7(12)5-9(13)11(8)16/h4-6,10,14-16H,2-3H2,1H3/t6-,10-/m0/s1. The van der Waals surface area contributed by atoms with E-state index >= 15 is 0 Å². The molecule has 0 saturated heterocycles. The van der Waals surface area contributed by atoms with Crippen molar-refractivity contribution in [3.8, 4) is 5.75 Å². The second kappa shape index (κ2) is 6.00. The third-order valence-electron chi connectivity index (χ3n) is 2.50. The topological polar surface area (TPSA) is 60.7 Å². The van der Waals surface area contributed by atoms with Crippen molar-refractivity contribution >= 4 is 31.9 Å². The van der Waals surface area contributed by atoms with E-state index in [1.54, 1.807) is 12.1 Å². The fraction of sp³-hybridized carbons (Fsp3) is 0.455. The average molecular weight is 354 g/mol. The van der Waals surface area contributed by atoms with Gasteiger partial charge in [0.2, 0.25) is 0 Å². The Morgan fingerprint density at radius 1 is 1.31 bits per heavy atom. The van der Waals surface area contributed by atoms with Crippen molar-refractivity contribution in [3.05, 3.63) is 26.6 Å². The van der Waals surface area contributed by atoms with Crippen LogP contribution in [0.1, 0.15) is 25.0 Å². The van der Waals surface area contributed by atoms with Crippen LogP contribution >= 0.6 is 31.9 Å². The molecule has 1 rings (SSSR count). The molecule has 0 amide bonds. The molecule has 0 fully saturated rings. The van der Waals surface area contributed by atoms with E-state index < -0.39 is 6.10 Å². The van der Waals surface area contributed by atoms with Gasteiger partial charge in [0.05, 0.1) is 10.6 Å². The van der Waals surface area contributed by atoms with Crippen LogP contribution in [0.4, 0.5) is 0 Å². The number of hydrogen-bond acceptors (Lipinski definition) is 3. The van der Waals surface area contributed by atoms with Crippen molar-refractivity contribution in [1.82, 2.24) is 0 Å². The third-order valence-corrected chi connectivity index (χ3v) is 3.56. The maximum absolute atomic E-state index is 10.0. The quantitative estimate of drug-likeness (QED) is 0.779. The van der Waals surface area contributed by atoms with Crippen molar-refractivity contribution in [2.75, 3.05) is 6.61 Å². The van der Waals surface area contributed by atoms with Crippen LogP contribution in [0.2, 0.25) is 0 Å². The van der Waals surface area contributed by atoms with Crippen molar-refractivity contribution < 1.29 is 15.3 Å². The molecule has 5 heteroatoms. The molecule has 0 heterocycles. The smallest absolute Gasteiger partial charge is 0.135 e. The van der Waals surface area contributed by atoms with Crippen LogP contribution in [-0.2, 0) is 0 Å². The molecule has 16 heavy (non-hydrogen) atoms. The van der Waals surface area contributed by atoms with Crippen LogP contribution in [-0.4, -0.2) is 21.9 Å². The molecule has 0 spiro atoms. The lowest BCUT2D eigenvalue weighted by molar-refractivity contribution is 0.0965. The number of halogens is 2. The zero-order chi connectivity index (χ0) is 12.3. The summed E-state index contributed by atoms with van der Waals surface area (Å²) in [6, 6.07) is 3.39. The van der Waals surface area contributed by atoms with E-state index in [9.17, 15) is 10.2 Å². The molecule has 0 aliphatic carbocycles. The summed E-state index contributed by atoms with van der Waals surface area (Å²) in [4.78, 5) is 0. The number of phenols is 1. The van der Waals surface area contributed by atoms with Gasteiger partial charge in [-0.3, -0.25) is 0 Å². The molecular formula is C11H14Br2O3. The van der Waals surface area contributed by atoms with Gasteiger partial charge in [0.1, 0.15) is 5.75 Å². The molecule has 0 aliphatic heterocycles. The Morgan fingerprint density at radius 2 is 1.94 bits per heavy atom. The van der Waals surface area contributed by atoms with Crippen LogP contribution < -0.4 is 0 Å². The normalized spacial score (nSPS) is 14.8. The number of aliphatic hydroxyl groups is 2. The van der Waals surface area contributed by atoms with E-state index in [1.165, 1.54) is 0 Å². The third kappa shape index (κ3) is 3.20. The van der Waals surface area contributed by atoms with Gasteiger partial charge in [-0.1, -0.05) is 22.9 Å². The molecule has 2 atom stereocenters. The van der Waals surface area contributed by atoms with Crippen LogP contribution in [0.5, 0.6) is 5.75 Å². The van der Waals surface area contributed by atoms with Crippen molar-refractivity contribution in [2.45, 2.75) is 19.4 Å². The minimum absolute atomic E-state index is 0.0220. The van der Waals surface area contributed by atoms with E-state index in [0.717, 1.165) is 4.47 Å². The van der Waals surface area contributed by atoms with Gasteiger partial charge in [-0.05, 0) is 40.4 Å². The maximum Gasteiger partial charge on any atom is 0.135 e. The molecular weight excluding hydrogens is 340 g/mol. The van der Waals surface area contributed by atoms with Crippen molar-refractivity contribution in [1.29, 1.82) is 0 Å². The van der Waals surface area contributed by atoms with Crippen LogP contribution in [0.3, 0.4) is 0 Å². The molecule has 0 radical (unpaired) electrons. The van der Waals surface area contributed by atoms with Crippen molar-refractivity contribution in [2.24, 2.45) is 5.92 Å². The van der Waals surface area contributed by atoms with E-state index in [4.69, 9.17) is 5.11 Å². The summed E-state index contributed by atoms with van der Waals surface area (Å²) < 4.78 is 1.31. The number of aromatic hydroxyl groups is 1. The Balaban J connectivity index is 3.03. The van der Waals surface area contributed by atoms with E-state index in [1.807, 2.05) is 6.92 Å². The second-order valence-electron chi connectivity index (χ2n) is 3.76. The Hall–Kier alpha value is -0.100. The highest BCUT2D eigenvalue weighted by Crippen LogP contribution is 2.38. The summed E-state index contributed by atoms with van der Waals surface area (Å²) in [6.45, 7) is 1.85. The monoisotopic (exact) mass is 352 g/mol. The summed E-state index contributed by atoms with van der Waals surface area (Å²) >= 11 is 6.51. The minimum atomic E-state index is -0.791. The number of phenolic OH excluding ortho intramolecular Hbond substituents is 1. The molecule has 0 bridgehead atoms. The first-order chi connectivity index (χ1) is 7.47. The molecule has 0 saturated carbocycles. The number of benzene rings is 1. The van der Waals surface area contributed by atoms with Crippen LogP contribution in [0, 0.1) is 5.92 Å². The number of aliphatic hydroxyl groups excluding tert-OH is 2. The first-order valence-corrected chi connectivity index (χ1v) is 6.52. The Bertz CT molecular complexity index is 368. The predicted molar refractivity (Wildman–Crippen MR) is 69.3 cm³/mol. The zero-order valence-electron chi connectivity index (χ0n) is 8.82. The Morgan fingerprint density at radius 3 is 2.50 bits per heavy atom. The van der Waals surface area contributed by atoms with Crippen molar-refractivity contribution in [3.63, 3.8) is 0 Å². The first-order valence-electron chi connectivity index (χ1n) is 4.94. The van der Waals surface area contributed by atoms with Gasteiger partial charge in [-0.25, -0.2) is 0 Å². The van der Waals surface area contributed by atoms with Gasteiger partial charge in [0.15, 0.2) is 0 Å². The number of rotatable bonds is 4. The Labute approximate surface area is 111 Å². The summed E-state index contributed by atoms with van der Waals surface area (Å²) in [7, 11) is 0. The molecule has 0 aliphatic rings. The summed E-state index contributed by atoms with van der Waals surface area (Å²) in [5, 5.41) is 28.7. The molecule has 3 nitrogen and oxygen atoms in total. The fourth-order valence-electron chi connectivity index (χ4n) is 1.48. The lowest BCUT2D eigenvalue weighted by Crippen LogP contribution is -2.11. The fourth-order valence-corrected chi connectivity index (χ4v) is 2.74. The second-order valence-corrected chi connectivity index (χ2v) is 5.53. The van der Waals surface area contributed by atoms with Gasteiger partial charge in [0, 0.05) is 16.6 Å². The SMILES string of the molecule is C[C@@H](CCO)[C@H](O)c1cc(Br)cc(Br)c1O. The molecule has 0 unspecified atom stereocenters. The van der Waals surface area contributed by atoms with Gasteiger partial charge in [0.25, 0.3) is 0 Å². The van der Waals surface area contributed by atoms with Gasteiger partial charge < -0.3 is 15.3 Å². The van der Waals surface area contributed by atoms with E-state index in [-0.39, 0.29) is 18.3 Å². The summed E-state index contributed by atoms with van der Waals surface area (Å²) in [6.07, 6.45) is -0.300. The largest absolute Gasteiger partial charge is 0.506 e. The molecule has 90 valence electrons. The first kappa shape index (κ1) is 14.0. The van der Waals surface area contributed by atoms with E-state index in [2.05, 4.69) is 31.9 Å². The maximum atomic E-state index is 10.0. The highest BCUT2D eigenvalue weighted by molar-refractivity contribution is 9.11. The highest BCUT2D eigenvalue weighted by atomic mass is 79.9. The minimum Gasteiger partial charge on any atom is -0.506 e. The van der Waals surface area contributed by atoms with Crippen LogP contribution in [0.25, 0.3) is 0 Å². The van der Waals surface area contributed by atoms with Gasteiger partial charge >= 0.3 is 0 Å². The molecule has 1 aromatic carbocycles. The average Bonchev–Trinajstić information content (AvgIpc) is 2.22. The molecule has 0 aromatic heterocycles. The molecule has 3 N–H and O–H groups in total. The zero-order valence-corrected chi connectivity index (χ0v) is 12.0. The number of hydrogen-bond donors (Lipinski definition) is 3. The summed E-state index contributed by atoms with van der Waals surface area (Å²) in [5.74, 6) is -0.0717. The van der Waals surface area contributed by atoms with E-state index in [0.29, 0.717) is 16.5 Å². The highest BCUT2D eigenvalue weighted by Gasteiger charge is 2.21. The molecule has 1 aromatic rings. The summed E-state index contributed by atoms with van der Waals surface area (Å²) in [5.41, 5.74) is 0.460. The van der Waals surface area contributed by atoms with Gasteiger partial charge in [-0.2, -0.15) is 0 Å². The predicted octanol–water partition coefficient (Wildman–Crippen LogP) is 2.97. The Kier molecular flexibility index (Phi) is 5.24. The van der Waals surface area contributed by atoms with Gasteiger partial charge in [-0.15, -0.1) is 0 Å². The lowest BCUT2D eigenvalue weighted by atomic mass is 9.94.